The number of ether oxygens (including phenoxy) is 2. The molecule has 0 spiro atoms. The van der Waals surface area contributed by atoms with E-state index >= 15 is 0 Å². The van der Waals surface area contributed by atoms with E-state index in [-0.39, 0.29) is 5.69 Å². The molecule has 0 radical (unpaired) electrons. The van der Waals surface area contributed by atoms with Crippen LogP contribution in [0, 0.1) is 10.1 Å². The predicted octanol–water partition coefficient (Wildman–Crippen LogP) is 3.45. The van der Waals surface area contributed by atoms with E-state index in [1.54, 1.807) is 31.2 Å². The van der Waals surface area contributed by atoms with Crippen molar-refractivity contribution >= 4 is 5.69 Å². The molecule has 0 unspecified atom stereocenters. The number of nitro benzene ring substituents is 1. The molecule has 0 heterocycles. The summed E-state index contributed by atoms with van der Waals surface area (Å²) in [7, 11) is 1.50. The van der Waals surface area contributed by atoms with Crippen molar-refractivity contribution in [3.8, 4) is 17.2 Å². The fourth-order valence-electron chi connectivity index (χ4n) is 1.99. The molecule has 0 bridgehead atoms. The standard InChI is InChI=1S/C15H15NO5/c1-10(17)15-13(20-2)7-4-8-14(15)21-12-6-3-5-11(9-12)16(18)19/h3-10,17H,1-2H3/t10-/m0/s1. The van der Waals surface area contributed by atoms with Crippen LogP contribution in [0.4, 0.5) is 5.69 Å². The Morgan fingerprint density at radius 2 is 1.86 bits per heavy atom. The van der Waals surface area contributed by atoms with Gasteiger partial charge in [-0.15, -0.1) is 0 Å². The third-order valence-electron chi connectivity index (χ3n) is 2.92. The Balaban J connectivity index is 2.40. The molecular weight excluding hydrogens is 274 g/mol. The van der Waals surface area contributed by atoms with Crippen LogP contribution in [0.1, 0.15) is 18.6 Å². The second-order valence-electron chi connectivity index (χ2n) is 4.40. The zero-order chi connectivity index (χ0) is 15.4. The van der Waals surface area contributed by atoms with Crippen LogP contribution < -0.4 is 9.47 Å². The smallest absolute Gasteiger partial charge is 0.273 e. The molecule has 2 aromatic rings. The van der Waals surface area contributed by atoms with Crippen LogP contribution in [0.25, 0.3) is 0 Å². The topological polar surface area (TPSA) is 81.8 Å². The quantitative estimate of drug-likeness (QED) is 0.673. The maximum atomic E-state index is 10.8. The molecular formula is C15H15NO5. The number of hydrogen-bond donors (Lipinski definition) is 1. The summed E-state index contributed by atoms with van der Waals surface area (Å²) in [5, 5.41) is 20.6. The zero-order valence-corrected chi connectivity index (χ0v) is 11.6. The molecule has 110 valence electrons. The summed E-state index contributed by atoms with van der Waals surface area (Å²) in [6.07, 6.45) is -0.796. The van der Waals surface area contributed by atoms with E-state index in [1.165, 1.54) is 25.3 Å². The van der Waals surface area contributed by atoms with Crippen LogP contribution >= 0.6 is 0 Å². The van der Waals surface area contributed by atoms with Crippen LogP contribution in [0.2, 0.25) is 0 Å². The number of rotatable bonds is 5. The summed E-state index contributed by atoms with van der Waals surface area (Å²) in [5.74, 6) is 1.21. The average molecular weight is 289 g/mol. The molecule has 1 atom stereocenters. The van der Waals surface area contributed by atoms with E-state index < -0.39 is 11.0 Å². The monoisotopic (exact) mass is 289 g/mol. The number of benzene rings is 2. The van der Waals surface area contributed by atoms with Gasteiger partial charge in [0.1, 0.15) is 17.2 Å². The molecule has 0 aromatic heterocycles. The highest BCUT2D eigenvalue weighted by molar-refractivity contribution is 5.49. The summed E-state index contributed by atoms with van der Waals surface area (Å²) in [6, 6.07) is 11.0. The number of hydrogen-bond acceptors (Lipinski definition) is 5. The minimum atomic E-state index is -0.796. The molecule has 0 aliphatic heterocycles. The van der Waals surface area contributed by atoms with Crippen LogP contribution in [0.5, 0.6) is 17.2 Å². The Hall–Kier alpha value is -2.60. The summed E-state index contributed by atoms with van der Waals surface area (Å²) in [4.78, 5) is 10.3. The molecule has 0 saturated carbocycles. The van der Waals surface area contributed by atoms with Gasteiger partial charge in [-0.2, -0.15) is 0 Å². The molecule has 6 nitrogen and oxygen atoms in total. The summed E-state index contributed by atoms with van der Waals surface area (Å²) in [5.41, 5.74) is 0.431. The molecule has 2 aromatic carbocycles. The third kappa shape index (κ3) is 3.29. The minimum Gasteiger partial charge on any atom is -0.496 e. The molecule has 6 heteroatoms. The van der Waals surface area contributed by atoms with Gasteiger partial charge in [-0.3, -0.25) is 10.1 Å². The van der Waals surface area contributed by atoms with Crippen molar-refractivity contribution in [1.82, 2.24) is 0 Å². The van der Waals surface area contributed by atoms with Gasteiger partial charge in [0.25, 0.3) is 5.69 Å². The van der Waals surface area contributed by atoms with Crippen molar-refractivity contribution < 1.29 is 19.5 Å². The number of non-ortho nitro benzene ring substituents is 1. The molecule has 2 rings (SSSR count). The number of nitrogens with zero attached hydrogens (tertiary/aromatic N) is 1. The predicted molar refractivity (Wildman–Crippen MR) is 76.8 cm³/mol. The van der Waals surface area contributed by atoms with Gasteiger partial charge in [0.2, 0.25) is 0 Å². The van der Waals surface area contributed by atoms with Crippen molar-refractivity contribution in [2.75, 3.05) is 7.11 Å². The summed E-state index contributed by atoms with van der Waals surface area (Å²) in [6.45, 7) is 1.60. The SMILES string of the molecule is COc1cccc(Oc2cccc([N+](=O)[O-])c2)c1[C@H](C)O. The van der Waals surface area contributed by atoms with Crippen molar-refractivity contribution in [3.05, 3.63) is 58.1 Å². The lowest BCUT2D eigenvalue weighted by atomic mass is 10.1. The number of methoxy groups -OCH3 is 1. The second kappa shape index (κ2) is 6.23. The van der Waals surface area contributed by atoms with Gasteiger partial charge in [-0.1, -0.05) is 12.1 Å². The van der Waals surface area contributed by atoms with E-state index in [1.807, 2.05) is 0 Å². The van der Waals surface area contributed by atoms with Crippen LogP contribution in [-0.4, -0.2) is 17.1 Å². The second-order valence-corrected chi connectivity index (χ2v) is 4.40. The highest BCUT2D eigenvalue weighted by Gasteiger charge is 2.16. The van der Waals surface area contributed by atoms with Gasteiger partial charge in [0.15, 0.2) is 0 Å². The Morgan fingerprint density at radius 3 is 2.48 bits per heavy atom. The Labute approximate surface area is 121 Å². The lowest BCUT2D eigenvalue weighted by Gasteiger charge is -2.16. The highest BCUT2D eigenvalue weighted by atomic mass is 16.6. The zero-order valence-electron chi connectivity index (χ0n) is 11.6. The van der Waals surface area contributed by atoms with Crippen molar-refractivity contribution in [1.29, 1.82) is 0 Å². The Bertz CT molecular complexity index is 654. The van der Waals surface area contributed by atoms with Crippen LogP contribution in [0.3, 0.4) is 0 Å². The third-order valence-corrected chi connectivity index (χ3v) is 2.92. The number of aliphatic hydroxyl groups is 1. The maximum Gasteiger partial charge on any atom is 0.273 e. The maximum absolute atomic E-state index is 10.8. The van der Waals surface area contributed by atoms with Crippen LogP contribution in [0.15, 0.2) is 42.5 Å². The minimum absolute atomic E-state index is 0.0611. The van der Waals surface area contributed by atoms with E-state index in [0.717, 1.165) is 0 Å². The molecule has 0 saturated heterocycles. The first-order valence-electron chi connectivity index (χ1n) is 6.30. The van der Waals surface area contributed by atoms with E-state index in [4.69, 9.17) is 9.47 Å². The molecule has 0 aliphatic carbocycles. The van der Waals surface area contributed by atoms with Gasteiger partial charge < -0.3 is 14.6 Å². The van der Waals surface area contributed by atoms with Gasteiger partial charge in [-0.05, 0) is 25.1 Å². The first-order chi connectivity index (χ1) is 10.0. The molecule has 0 amide bonds. The molecule has 0 fully saturated rings. The normalized spacial score (nSPS) is 11.8. The molecule has 21 heavy (non-hydrogen) atoms. The van der Waals surface area contributed by atoms with E-state index in [0.29, 0.717) is 22.8 Å². The van der Waals surface area contributed by atoms with Crippen molar-refractivity contribution in [3.63, 3.8) is 0 Å². The lowest BCUT2D eigenvalue weighted by molar-refractivity contribution is -0.384. The van der Waals surface area contributed by atoms with Gasteiger partial charge in [0.05, 0.1) is 29.8 Å². The Kier molecular flexibility index (Phi) is 4.39. The Morgan fingerprint density at radius 1 is 1.19 bits per heavy atom. The largest absolute Gasteiger partial charge is 0.496 e. The highest BCUT2D eigenvalue weighted by Crippen LogP contribution is 2.36. The number of aliphatic hydroxyl groups excluding tert-OH is 1. The van der Waals surface area contributed by atoms with Crippen LogP contribution in [-0.2, 0) is 0 Å². The fourth-order valence-corrected chi connectivity index (χ4v) is 1.99. The van der Waals surface area contributed by atoms with Gasteiger partial charge >= 0.3 is 0 Å². The van der Waals surface area contributed by atoms with E-state index in [2.05, 4.69) is 0 Å². The molecule has 0 aliphatic rings. The lowest BCUT2D eigenvalue weighted by Crippen LogP contribution is -2.00. The average Bonchev–Trinajstić information content (AvgIpc) is 2.46. The van der Waals surface area contributed by atoms with Gasteiger partial charge in [-0.25, -0.2) is 0 Å². The first-order valence-corrected chi connectivity index (χ1v) is 6.30. The van der Waals surface area contributed by atoms with Gasteiger partial charge in [0, 0.05) is 6.07 Å². The summed E-state index contributed by atoms with van der Waals surface area (Å²) >= 11 is 0. The first kappa shape index (κ1) is 14.8. The summed E-state index contributed by atoms with van der Waals surface area (Å²) < 4.78 is 10.9. The van der Waals surface area contributed by atoms with Crippen molar-refractivity contribution in [2.45, 2.75) is 13.0 Å². The number of nitro groups is 1. The van der Waals surface area contributed by atoms with Crippen molar-refractivity contribution in [2.24, 2.45) is 0 Å². The van der Waals surface area contributed by atoms with E-state index in [9.17, 15) is 15.2 Å². The fraction of sp³-hybridized carbons (Fsp3) is 0.200. The molecule has 1 N–H and O–H groups in total.